The lowest BCUT2D eigenvalue weighted by Gasteiger charge is -2.13. The lowest BCUT2D eigenvalue weighted by atomic mass is 10.1. The van der Waals surface area contributed by atoms with Crippen LogP contribution in [-0.4, -0.2) is 35.4 Å². The summed E-state index contributed by atoms with van der Waals surface area (Å²) >= 11 is 5.88. The van der Waals surface area contributed by atoms with Gasteiger partial charge in [-0.05, 0) is 37.0 Å². The summed E-state index contributed by atoms with van der Waals surface area (Å²) in [5.74, 6) is 2.26. The number of fused-ring (bicyclic) bond motifs is 1. The fraction of sp³-hybridized carbons (Fsp3) is 0.533. The number of hydrogen-bond acceptors (Lipinski definition) is 3. The fourth-order valence-corrected chi connectivity index (χ4v) is 5.05. The average molecular weight is 327 g/mol. The second-order valence-electron chi connectivity index (χ2n) is 5.84. The van der Waals surface area contributed by atoms with E-state index in [1.54, 1.807) is 0 Å². The second kappa shape index (κ2) is 5.61. The highest BCUT2D eigenvalue weighted by atomic mass is 35.5. The van der Waals surface area contributed by atoms with E-state index in [1.807, 2.05) is 12.1 Å². The summed E-state index contributed by atoms with van der Waals surface area (Å²) in [6.07, 6.45) is 1.45. The van der Waals surface area contributed by atoms with Gasteiger partial charge in [0.25, 0.3) is 0 Å². The number of rotatable bonds is 4. The van der Waals surface area contributed by atoms with Crippen molar-refractivity contribution in [2.45, 2.75) is 26.3 Å². The average Bonchev–Trinajstić information content (AvgIpc) is 2.92. The molecule has 3 rings (SSSR count). The Morgan fingerprint density at radius 2 is 2.24 bits per heavy atom. The van der Waals surface area contributed by atoms with Crippen molar-refractivity contribution in [3.05, 3.63) is 29.6 Å². The van der Waals surface area contributed by atoms with Crippen LogP contribution in [0, 0.1) is 12.8 Å². The summed E-state index contributed by atoms with van der Waals surface area (Å²) in [5.41, 5.74) is 3.22. The molecule has 1 atom stereocenters. The highest BCUT2D eigenvalue weighted by Gasteiger charge is 2.29. The molecule has 0 spiro atoms. The van der Waals surface area contributed by atoms with Crippen LogP contribution in [0.4, 0.5) is 0 Å². The van der Waals surface area contributed by atoms with Gasteiger partial charge in [0.1, 0.15) is 5.82 Å². The van der Waals surface area contributed by atoms with E-state index in [9.17, 15) is 8.42 Å². The largest absolute Gasteiger partial charge is 0.328 e. The molecular weight excluding hydrogens is 308 g/mol. The SMILES string of the molecule is Cc1ccc2nc(CCCl)n(CC3CCS(=O)(=O)C3)c2c1. The summed E-state index contributed by atoms with van der Waals surface area (Å²) in [5, 5.41) is 0. The molecule has 1 aromatic heterocycles. The maximum atomic E-state index is 11.7. The van der Waals surface area contributed by atoms with Crippen molar-refractivity contribution < 1.29 is 8.42 Å². The highest BCUT2D eigenvalue weighted by molar-refractivity contribution is 7.91. The molecule has 1 aliphatic heterocycles. The first-order valence-corrected chi connectivity index (χ1v) is 9.56. The van der Waals surface area contributed by atoms with Crippen LogP contribution >= 0.6 is 11.6 Å². The molecule has 0 aliphatic carbocycles. The van der Waals surface area contributed by atoms with Crippen LogP contribution in [-0.2, 0) is 22.8 Å². The van der Waals surface area contributed by atoms with Gasteiger partial charge in [-0.15, -0.1) is 11.6 Å². The summed E-state index contributed by atoms with van der Waals surface area (Å²) in [7, 11) is -2.85. The Morgan fingerprint density at radius 3 is 2.90 bits per heavy atom. The molecule has 0 amide bonds. The molecule has 2 aromatic rings. The van der Waals surface area contributed by atoms with E-state index < -0.39 is 9.84 Å². The molecule has 0 radical (unpaired) electrons. The normalized spacial score (nSPS) is 21.1. The van der Waals surface area contributed by atoms with Crippen molar-refractivity contribution in [1.82, 2.24) is 9.55 Å². The van der Waals surface area contributed by atoms with E-state index in [0.717, 1.165) is 23.3 Å². The van der Waals surface area contributed by atoms with Gasteiger partial charge >= 0.3 is 0 Å². The molecule has 114 valence electrons. The Morgan fingerprint density at radius 1 is 1.43 bits per heavy atom. The molecule has 1 unspecified atom stereocenters. The third kappa shape index (κ3) is 3.09. The van der Waals surface area contributed by atoms with Crippen LogP contribution in [0.3, 0.4) is 0 Å². The number of halogens is 1. The first kappa shape index (κ1) is 14.9. The zero-order chi connectivity index (χ0) is 15.0. The highest BCUT2D eigenvalue weighted by Crippen LogP contribution is 2.25. The van der Waals surface area contributed by atoms with Gasteiger partial charge in [0.05, 0.1) is 22.5 Å². The maximum absolute atomic E-state index is 11.7. The molecular formula is C15H19ClN2O2S. The molecule has 1 fully saturated rings. The number of imidazole rings is 1. The topological polar surface area (TPSA) is 52.0 Å². The molecule has 0 saturated carbocycles. The van der Waals surface area contributed by atoms with Gasteiger partial charge in [0.2, 0.25) is 0 Å². The van der Waals surface area contributed by atoms with Crippen LogP contribution in [0.25, 0.3) is 11.0 Å². The maximum Gasteiger partial charge on any atom is 0.150 e. The molecule has 2 heterocycles. The van der Waals surface area contributed by atoms with Crippen molar-refractivity contribution in [2.24, 2.45) is 5.92 Å². The van der Waals surface area contributed by atoms with Crippen molar-refractivity contribution >= 4 is 32.5 Å². The predicted molar refractivity (Wildman–Crippen MR) is 85.7 cm³/mol. The first-order valence-electron chi connectivity index (χ1n) is 7.20. The number of sulfone groups is 1. The van der Waals surface area contributed by atoms with E-state index in [1.165, 1.54) is 5.56 Å². The van der Waals surface area contributed by atoms with E-state index in [2.05, 4.69) is 22.5 Å². The van der Waals surface area contributed by atoms with Crippen molar-refractivity contribution in [1.29, 1.82) is 0 Å². The number of aromatic nitrogens is 2. The quantitative estimate of drug-likeness (QED) is 0.811. The predicted octanol–water partition coefficient (Wildman–Crippen LogP) is 2.56. The zero-order valence-corrected chi connectivity index (χ0v) is 13.6. The van der Waals surface area contributed by atoms with Gasteiger partial charge < -0.3 is 4.57 Å². The lowest BCUT2D eigenvalue weighted by Crippen LogP contribution is -2.15. The van der Waals surface area contributed by atoms with Gasteiger partial charge in [-0.3, -0.25) is 0 Å². The molecule has 1 aliphatic rings. The third-order valence-corrected chi connectivity index (χ3v) is 6.09. The standard InChI is InChI=1S/C15H19ClN2O2S/c1-11-2-3-13-14(8-11)18(15(17-13)4-6-16)9-12-5-7-21(19,20)10-12/h2-3,8,12H,4-7,9-10H2,1H3. The van der Waals surface area contributed by atoms with Crippen molar-refractivity contribution in [3.63, 3.8) is 0 Å². The zero-order valence-electron chi connectivity index (χ0n) is 12.0. The van der Waals surface area contributed by atoms with Gasteiger partial charge in [-0.2, -0.15) is 0 Å². The number of hydrogen-bond donors (Lipinski definition) is 0. The van der Waals surface area contributed by atoms with E-state index in [0.29, 0.717) is 30.4 Å². The van der Waals surface area contributed by atoms with Crippen LogP contribution in [0.1, 0.15) is 17.8 Å². The number of nitrogens with zero attached hydrogens (tertiary/aromatic N) is 2. The number of alkyl halides is 1. The molecule has 6 heteroatoms. The monoisotopic (exact) mass is 326 g/mol. The Bertz CT molecular complexity index is 767. The minimum Gasteiger partial charge on any atom is -0.328 e. The first-order chi connectivity index (χ1) is 9.98. The number of aryl methyl sites for hydroxylation is 2. The lowest BCUT2D eigenvalue weighted by molar-refractivity contribution is 0.488. The third-order valence-electron chi connectivity index (χ3n) is 4.07. The van der Waals surface area contributed by atoms with Gasteiger partial charge in [-0.25, -0.2) is 13.4 Å². The Hall–Kier alpha value is -1.07. The van der Waals surface area contributed by atoms with Crippen molar-refractivity contribution in [2.75, 3.05) is 17.4 Å². The summed E-state index contributed by atoms with van der Waals surface area (Å²) in [6.45, 7) is 2.77. The van der Waals surface area contributed by atoms with Gasteiger partial charge in [0.15, 0.2) is 9.84 Å². The molecule has 1 aromatic carbocycles. The van der Waals surface area contributed by atoms with Crippen LogP contribution < -0.4 is 0 Å². The minimum atomic E-state index is -2.85. The summed E-state index contributed by atoms with van der Waals surface area (Å²) < 4.78 is 25.5. The molecule has 21 heavy (non-hydrogen) atoms. The van der Waals surface area contributed by atoms with Crippen LogP contribution in [0.15, 0.2) is 18.2 Å². The Labute approximate surface area is 130 Å². The van der Waals surface area contributed by atoms with E-state index in [4.69, 9.17) is 11.6 Å². The van der Waals surface area contributed by atoms with E-state index in [-0.39, 0.29) is 5.92 Å². The molecule has 0 N–H and O–H groups in total. The van der Waals surface area contributed by atoms with Gasteiger partial charge in [0, 0.05) is 18.8 Å². The second-order valence-corrected chi connectivity index (χ2v) is 8.45. The Balaban J connectivity index is 1.98. The van der Waals surface area contributed by atoms with E-state index >= 15 is 0 Å². The van der Waals surface area contributed by atoms with Crippen LogP contribution in [0.2, 0.25) is 0 Å². The van der Waals surface area contributed by atoms with Gasteiger partial charge in [-0.1, -0.05) is 6.07 Å². The molecule has 4 nitrogen and oxygen atoms in total. The smallest absolute Gasteiger partial charge is 0.150 e. The summed E-state index contributed by atoms with van der Waals surface area (Å²) in [6, 6.07) is 6.18. The fourth-order valence-electron chi connectivity index (χ4n) is 3.04. The Kier molecular flexibility index (Phi) is 3.97. The van der Waals surface area contributed by atoms with Crippen molar-refractivity contribution in [3.8, 4) is 0 Å². The minimum absolute atomic E-state index is 0.182. The van der Waals surface area contributed by atoms with Crippen LogP contribution in [0.5, 0.6) is 0 Å². The molecule has 1 saturated heterocycles. The number of benzene rings is 1. The summed E-state index contributed by atoms with van der Waals surface area (Å²) in [4.78, 5) is 4.65. The molecule has 0 bridgehead atoms.